The number of hydrogen-bond acceptors (Lipinski definition) is 4. The maximum Gasteiger partial charge on any atom is 0.326 e. The number of hydrogen-bond donors (Lipinski definition) is 2. The molecular weight excluding hydrogens is 269 g/mol. The lowest BCUT2D eigenvalue weighted by Crippen LogP contribution is -2.42. The molecule has 0 aliphatic carbocycles. The van der Waals surface area contributed by atoms with Crippen molar-refractivity contribution in [2.45, 2.75) is 18.6 Å². The number of aliphatic hydroxyl groups excluding tert-OH is 1. The first-order valence-electron chi connectivity index (χ1n) is 6.06. The average Bonchev–Trinajstić information content (AvgIpc) is 2.80. The largest absolute Gasteiger partial charge is 0.484 e. The van der Waals surface area contributed by atoms with Gasteiger partial charge in [0, 0.05) is 13.0 Å². The number of carboxylic acid groups (broad SMARTS) is 1. The second-order valence-corrected chi connectivity index (χ2v) is 4.53. The van der Waals surface area contributed by atoms with E-state index < -0.39 is 29.8 Å². The number of β-amino-alcohol motifs (C(OH)–C–C–N with tert-alkyl or cyclic N) is 1. The number of nitrogens with zero attached hydrogens (tertiary/aromatic N) is 1. The molecule has 0 spiro atoms. The maximum absolute atomic E-state index is 12.7. The highest BCUT2D eigenvalue weighted by atomic mass is 19.1. The molecular formula is C13H14FNO5. The van der Waals surface area contributed by atoms with Gasteiger partial charge in [-0.1, -0.05) is 0 Å². The lowest BCUT2D eigenvalue weighted by molar-refractivity contribution is -0.148. The van der Waals surface area contributed by atoms with Crippen LogP contribution in [0.3, 0.4) is 0 Å². The first-order chi connectivity index (χ1) is 9.47. The van der Waals surface area contributed by atoms with Crippen LogP contribution in [0.4, 0.5) is 4.39 Å². The summed E-state index contributed by atoms with van der Waals surface area (Å²) in [5, 5.41) is 18.4. The van der Waals surface area contributed by atoms with Gasteiger partial charge in [-0.05, 0) is 24.3 Å². The molecule has 2 rings (SSSR count). The number of rotatable bonds is 4. The van der Waals surface area contributed by atoms with E-state index in [-0.39, 0.29) is 19.6 Å². The van der Waals surface area contributed by atoms with Gasteiger partial charge >= 0.3 is 5.97 Å². The van der Waals surface area contributed by atoms with Crippen LogP contribution in [0.1, 0.15) is 6.42 Å². The number of carbonyl (C=O) groups excluding carboxylic acids is 1. The lowest BCUT2D eigenvalue weighted by atomic mass is 10.2. The van der Waals surface area contributed by atoms with Gasteiger partial charge in [0.25, 0.3) is 5.91 Å². The van der Waals surface area contributed by atoms with E-state index in [1.165, 1.54) is 24.3 Å². The first kappa shape index (κ1) is 14.3. The highest BCUT2D eigenvalue weighted by Crippen LogP contribution is 2.19. The van der Waals surface area contributed by atoms with Gasteiger partial charge in [-0.3, -0.25) is 4.79 Å². The summed E-state index contributed by atoms with van der Waals surface area (Å²) >= 11 is 0. The first-order valence-corrected chi connectivity index (χ1v) is 6.06. The quantitative estimate of drug-likeness (QED) is 0.827. The van der Waals surface area contributed by atoms with E-state index in [0.717, 1.165) is 4.90 Å². The van der Waals surface area contributed by atoms with Gasteiger partial charge in [0.2, 0.25) is 0 Å². The van der Waals surface area contributed by atoms with Crippen molar-refractivity contribution >= 4 is 11.9 Å². The van der Waals surface area contributed by atoms with Crippen molar-refractivity contribution in [3.8, 4) is 5.75 Å². The molecule has 6 nitrogen and oxygen atoms in total. The van der Waals surface area contributed by atoms with Crippen LogP contribution in [-0.4, -0.2) is 52.3 Å². The standard InChI is InChI=1S/C13H14FNO5/c14-8-1-3-10(4-2-8)20-7-12(17)15-6-9(16)5-11(15)13(18)19/h1-4,9,11,16H,5-7H2,(H,18,19)/t9-,11+/m1/s1. The van der Waals surface area contributed by atoms with Gasteiger partial charge in [-0.25, -0.2) is 9.18 Å². The van der Waals surface area contributed by atoms with Gasteiger partial charge in [-0.2, -0.15) is 0 Å². The summed E-state index contributed by atoms with van der Waals surface area (Å²) in [6, 6.07) is 4.10. The minimum Gasteiger partial charge on any atom is -0.484 e. The predicted molar refractivity (Wildman–Crippen MR) is 65.7 cm³/mol. The molecule has 1 aliphatic heterocycles. The molecule has 1 aromatic carbocycles. The smallest absolute Gasteiger partial charge is 0.326 e. The molecule has 2 N–H and O–H groups in total. The van der Waals surface area contributed by atoms with E-state index in [1.807, 2.05) is 0 Å². The van der Waals surface area contributed by atoms with Crippen LogP contribution in [0.15, 0.2) is 24.3 Å². The Labute approximate surface area is 114 Å². The molecule has 108 valence electrons. The van der Waals surface area contributed by atoms with E-state index in [4.69, 9.17) is 9.84 Å². The molecule has 7 heteroatoms. The van der Waals surface area contributed by atoms with Crippen molar-refractivity contribution < 1.29 is 28.9 Å². The molecule has 0 aromatic heterocycles. The zero-order valence-corrected chi connectivity index (χ0v) is 10.5. The van der Waals surface area contributed by atoms with Crippen LogP contribution < -0.4 is 4.74 Å². The minimum atomic E-state index is -1.16. The maximum atomic E-state index is 12.7. The molecule has 1 aliphatic rings. The van der Waals surface area contributed by atoms with E-state index in [9.17, 15) is 19.1 Å². The van der Waals surface area contributed by atoms with E-state index in [2.05, 4.69) is 0 Å². The Hall–Kier alpha value is -2.15. The number of likely N-dealkylation sites (tertiary alicyclic amines) is 1. The summed E-state index contributed by atoms with van der Waals surface area (Å²) < 4.78 is 17.9. The molecule has 1 aromatic rings. The normalized spacial score (nSPS) is 21.8. The molecule has 0 unspecified atom stereocenters. The van der Waals surface area contributed by atoms with Gasteiger partial charge in [0.1, 0.15) is 17.6 Å². The number of benzene rings is 1. The Bertz CT molecular complexity index is 504. The summed E-state index contributed by atoms with van der Waals surface area (Å²) in [7, 11) is 0. The van der Waals surface area contributed by atoms with Crippen molar-refractivity contribution in [2.75, 3.05) is 13.2 Å². The van der Waals surface area contributed by atoms with Gasteiger partial charge in [0.05, 0.1) is 6.10 Å². The molecule has 0 radical (unpaired) electrons. The van der Waals surface area contributed by atoms with Crippen LogP contribution in [0.25, 0.3) is 0 Å². The third-order valence-corrected chi connectivity index (χ3v) is 3.06. The SMILES string of the molecule is O=C(O)[C@@H]1C[C@@H](O)CN1C(=O)COc1ccc(F)cc1. The number of carboxylic acids is 1. The van der Waals surface area contributed by atoms with Crippen molar-refractivity contribution in [2.24, 2.45) is 0 Å². The molecule has 20 heavy (non-hydrogen) atoms. The molecule has 0 bridgehead atoms. The van der Waals surface area contributed by atoms with Crippen LogP contribution in [-0.2, 0) is 9.59 Å². The Kier molecular flexibility index (Phi) is 4.19. The van der Waals surface area contributed by atoms with E-state index in [0.29, 0.717) is 5.75 Å². The topological polar surface area (TPSA) is 87.1 Å². The van der Waals surface area contributed by atoms with Crippen molar-refractivity contribution in [3.63, 3.8) is 0 Å². The average molecular weight is 283 g/mol. The van der Waals surface area contributed by atoms with Crippen molar-refractivity contribution in [1.82, 2.24) is 4.90 Å². The molecule has 1 saturated heterocycles. The summed E-state index contributed by atoms with van der Waals surface area (Å²) in [6.45, 7) is -0.384. The summed E-state index contributed by atoms with van der Waals surface area (Å²) in [6.07, 6.45) is -0.830. The predicted octanol–water partition coefficient (Wildman–Crippen LogP) is 0.251. The van der Waals surface area contributed by atoms with Gasteiger partial charge < -0.3 is 19.8 Å². The zero-order valence-electron chi connectivity index (χ0n) is 10.5. The third-order valence-electron chi connectivity index (χ3n) is 3.06. The van der Waals surface area contributed by atoms with Gasteiger partial charge in [-0.15, -0.1) is 0 Å². The highest BCUT2D eigenvalue weighted by Gasteiger charge is 2.38. The number of ether oxygens (including phenoxy) is 1. The van der Waals surface area contributed by atoms with Crippen molar-refractivity contribution in [1.29, 1.82) is 0 Å². The third kappa shape index (κ3) is 3.24. The number of aliphatic carboxylic acids is 1. The number of carbonyl (C=O) groups is 2. The van der Waals surface area contributed by atoms with Crippen LogP contribution in [0, 0.1) is 5.82 Å². The fraction of sp³-hybridized carbons (Fsp3) is 0.385. The Morgan fingerprint density at radius 3 is 2.60 bits per heavy atom. The Morgan fingerprint density at radius 1 is 1.35 bits per heavy atom. The summed E-state index contributed by atoms with van der Waals surface area (Å²) in [5.74, 6) is -1.79. The van der Waals surface area contributed by atoms with E-state index in [1.54, 1.807) is 0 Å². The van der Waals surface area contributed by atoms with Gasteiger partial charge in [0.15, 0.2) is 6.61 Å². The lowest BCUT2D eigenvalue weighted by Gasteiger charge is -2.21. The van der Waals surface area contributed by atoms with E-state index >= 15 is 0 Å². The molecule has 0 saturated carbocycles. The molecule has 1 amide bonds. The zero-order chi connectivity index (χ0) is 14.7. The molecule has 1 fully saturated rings. The van der Waals surface area contributed by atoms with Crippen LogP contribution >= 0.6 is 0 Å². The fourth-order valence-corrected chi connectivity index (χ4v) is 2.08. The fourth-order valence-electron chi connectivity index (χ4n) is 2.08. The minimum absolute atomic E-state index is 0.0115. The Balaban J connectivity index is 1.94. The number of aliphatic hydroxyl groups is 1. The summed E-state index contributed by atoms with van der Waals surface area (Å²) in [5.41, 5.74) is 0. The molecule has 2 atom stereocenters. The Morgan fingerprint density at radius 2 is 2.00 bits per heavy atom. The monoisotopic (exact) mass is 283 g/mol. The second kappa shape index (κ2) is 5.87. The number of amides is 1. The van der Waals surface area contributed by atoms with Crippen molar-refractivity contribution in [3.05, 3.63) is 30.1 Å². The second-order valence-electron chi connectivity index (χ2n) is 4.53. The van der Waals surface area contributed by atoms with Crippen LogP contribution in [0.2, 0.25) is 0 Å². The summed E-state index contributed by atoms with van der Waals surface area (Å²) in [4.78, 5) is 24.0. The highest BCUT2D eigenvalue weighted by molar-refractivity contribution is 5.85. The number of halogens is 1. The van der Waals surface area contributed by atoms with Crippen LogP contribution in [0.5, 0.6) is 5.75 Å². The molecule has 1 heterocycles.